The van der Waals surface area contributed by atoms with Crippen LogP contribution < -0.4 is 16.8 Å². The lowest BCUT2D eigenvalue weighted by Gasteiger charge is -2.25. The summed E-state index contributed by atoms with van der Waals surface area (Å²) in [5.74, 6) is 0. The summed E-state index contributed by atoms with van der Waals surface area (Å²) in [6, 6.07) is 7.77. The van der Waals surface area contributed by atoms with Gasteiger partial charge < -0.3 is 21.5 Å². The maximum atomic E-state index is 11.7. The minimum Gasteiger partial charge on any atom is -0.444 e. The zero-order valence-corrected chi connectivity index (χ0v) is 13.6. The highest BCUT2D eigenvalue weighted by Crippen LogP contribution is 2.24. The molecule has 0 fully saturated rings. The molecular formula is C16H27N3O2. The van der Waals surface area contributed by atoms with Crippen molar-refractivity contribution in [2.24, 2.45) is 11.5 Å². The molecule has 5 heteroatoms. The van der Waals surface area contributed by atoms with Crippen molar-refractivity contribution in [2.45, 2.75) is 51.8 Å². The summed E-state index contributed by atoms with van der Waals surface area (Å²) in [5, 5.41) is 2.63. The zero-order valence-electron chi connectivity index (χ0n) is 13.6. The molecule has 1 unspecified atom stereocenters. The lowest BCUT2D eigenvalue weighted by molar-refractivity contribution is 0.0505. The molecule has 0 saturated heterocycles. The molecule has 1 aromatic rings. The molecule has 0 aliphatic heterocycles. The summed E-state index contributed by atoms with van der Waals surface area (Å²) in [7, 11) is 0. The van der Waals surface area contributed by atoms with Gasteiger partial charge >= 0.3 is 6.09 Å². The average Bonchev–Trinajstić information content (AvgIpc) is 2.36. The van der Waals surface area contributed by atoms with Crippen molar-refractivity contribution in [3.05, 3.63) is 35.4 Å². The van der Waals surface area contributed by atoms with Crippen molar-refractivity contribution in [3.63, 3.8) is 0 Å². The minimum absolute atomic E-state index is 0.137. The molecular weight excluding hydrogens is 266 g/mol. The van der Waals surface area contributed by atoms with E-state index in [4.69, 9.17) is 16.2 Å². The van der Waals surface area contributed by atoms with Gasteiger partial charge in [0.05, 0.1) is 0 Å². The predicted octanol–water partition coefficient (Wildman–Crippen LogP) is 2.40. The summed E-state index contributed by atoms with van der Waals surface area (Å²) in [4.78, 5) is 11.7. The lowest BCUT2D eigenvalue weighted by atomic mass is 9.84. The van der Waals surface area contributed by atoms with Crippen molar-refractivity contribution >= 4 is 6.09 Å². The van der Waals surface area contributed by atoms with Crippen LogP contribution in [0.2, 0.25) is 0 Å². The van der Waals surface area contributed by atoms with Crippen molar-refractivity contribution in [2.75, 3.05) is 6.54 Å². The van der Waals surface area contributed by atoms with Crippen LogP contribution in [-0.2, 0) is 10.2 Å². The quantitative estimate of drug-likeness (QED) is 0.743. The number of rotatable bonds is 4. The van der Waals surface area contributed by atoms with Crippen LogP contribution in [0, 0.1) is 0 Å². The molecule has 0 saturated carbocycles. The third-order valence-corrected chi connectivity index (χ3v) is 3.21. The standard InChI is InChI=1S/C16H27N3O2/c1-15(2,3)21-14(20)19-13(18)11-7-6-8-12(9-11)16(4,5)10-17/h6-9,13H,10,17-18H2,1-5H3,(H,19,20). The van der Waals surface area contributed by atoms with Gasteiger partial charge in [-0.2, -0.15) is 0 Å². The molecule has 0 spiro atoms. The van der Waals surface area contributed by atoms with E-state index in [1.54, 1.807) is 0 Å². The second-order valence-electron chi connectivity index (χ2n) is 6.84. The number of benzene rings is 1. The second kappa shape index (κ2) is 6.45. The van der Waals surface area contributed by atoms with E-state index in [0.29, 0.717) is 6.54 Å². The number of carbonyl (C=O) groups excluding carboxylic acids is 1. The summed E-state index contributed by atoms with van der Waals surface area (Å²) in [6.07, 6.45) is -1.15. The monoisotopic (exact) mass is 293 g/mol. The Balaban J connectivity index is 2.82. The lowest BCUT2D eigenvalue weighted by Crippen LogP contribution is -2.38. The first-order chi connectivity index (χ1) is 9.55. The van der Waals surface area contributed by atoms with Gasteiger partial charge in [0.2, 0.25) is 0 Å². The molecule has 1 amide bonds. The number of nitrogens with two attached hydrogens (primary N) is 2. The maximum Gasteiger partial charge on any atom is 0.409 e. The molecule has 5 N–H and O–H groups in total. The fraction of sp³-hybridized carbons (Fsp3) is 0.562. The van der Waals surface area contributed by atoms with Gasteiger partial charge in [-0.1, -0.05) is 38.1 Å². The van der Waals surface area contributed by atoms with Crippen LogP contribution in [0.3, 0.4) is 0 Å². The Kier molecular flexibility index (Phi) is 5.36. The summed E-state index contributed by atoms with van der Waals surface area (Å²) < 4.78 is 5.20. The van der Waals surface area contributed by atoms with Crippen LogP contribution in [0.4, 0.5) is 4.79 Å². The molecule has 1 rings (SSSR count). The zero-order chi connectivity index (χ0) is 16.3. The van der Waals surface area contributed by atoms with Gasteiger partial charge in [0.1, 0.15) is 11.8 Å². The smallest absolute Gasteiger partial charge is 0.409 e. The van der Waals surface area contributed by atoms with Gasteiger partial charge in [0.25, 0.3) is 0 Å². The van der Waals surface area contributed by atoms with Crippen LogP contribution in [0.1, 0.15) is 51.9 Å². The van der Waals surface area contributed by atoms with Gasteiger partial charge in [0, 0.05) is 12.0 Å². The Labute approximate surface area is 127 Å². The van der Waals surface area contributed by atoms with E-state index in [1.807, 2.05) is 45.0 Å². The number of hydrogen-bond acceptors (Lipinski definition) is 4. The minimum atomic E-state index is -0.617. The van der Waals surface area contributed by atoms with Gasteiger partial charge in [0.15, 0.2) is 0 Å². The Hall–Kier alpha value is -1.59. The SMILES string of the molecule is CC(C)(C)OC(=O)NC(N)c1cccc(C(C)(C)CN)c1. The fourth-order valence-electron chi connectivity index (χ4n) is 1.79. The third kappa shape index (κ3) is 5.36. The predicted molar refractivity (Wildman–Crippen MR) is 84.8 cm³/mol. The van der Waals surface area contributed by atoms with Crippen molar-refractivity contribution in [1.29, 1.82) is 0 Å². The van der Waals surface area contributed by atoms with E-state index in [1.165, 1.54) is 0 Å². The highest BCUT2D eigenvalue weighted by molar-refractivity contribution is 5.68. The van der Waals surface area contributed by atoms with E-state index in [9.17, 15) is 4.79 Å². The molecule has 118 valence electrons. The van der Waals surface area contributed by atoms with Crippen LogP contribution >= 0.6 is 0 Å². The van der Waals surface area contributed by atoms with Crippen molar-refractivity contribution in [1.82, 2.24) is 5.32 Å². The Morgan fingerprint density at radius 1 is 1.29 bits per heavy atom. The third-order valence-electron chi connectivity index (χ3n) is 3.21. The first kappa shape index (κ1) is 17.5. The van der Waals surface area contributed by atoms with E-state index >= 15 is 0 Å². The first-order valence-electron chi connectivity index (χ1n) is 7.11. The molecule has 0 aliphatic carbocycles. The van der Waals surface area contributed by atoms with E-state index in [-0.39, 0.29) is 5.41 Å². The highest BCUT2D eigenvalue weighted by Gasteiger charge is 2.21. The van der Waals surface area contributed by atoms with Crippen LogP contribution in [-0.4, -0.2) is 18.2 Å². The number of nitrogens with one attached hydrogen (secondary N) is 1. The fourth-order valence-corrected chi connectivity index (χ4v) is 1.79. The topological polar surface area (TPSA) is 90.4 Å². The molecule has 0 heterocycles. The number of hydrogen-bond donors (Lipinski definition) is 3. The van der Waals surface area contributed by atoms with Gasteiger partial charge in [-0.05, 0) is 31.9 Å². The van der Waals surface area contributed by atoms with Gasteiger partial charge in [-0.3, -0.25) is 0 Å². The number of carbonyl (C=O) groups is 1. The molecule has 1 aromatic carbocycles. The largest absolute Gasteiger partial charge is 0.444 e. The average molecular weight is 293 g/mol. The molecule has 0 bridgehead atoms. The normalized spacial score (nSPS) is 13.7. The Morgan fingerprint density at radius 2 is 1.90 bits per heavy atom. The summed E-state index contributed by atoms with van der Waals surface area (Å²) in [5.41, 5.74) is 13.0. The van der Waals surface area contributed by atoms with Gasteiger partial charge in [-0.15, -0.1) is 0 Å². The van der Waals surface area contributed by atoms with E-state index in [2.05, 4.69) is 19.2 Å². The molecule has 0 aromatic heterocycles. The van der Waals surface area contributed by atoms with Crippen LogP contribution in [0.15, 0.2) is 24.3 Å². The molecule has 5 nitrogen and oxygen atoms in total. The molecule has 1 atom stereocenters. The summed E-state index contributed by atoms with van der Waals surface area (Å²) >= 11 is 0. The first-order valence-corrected chi connectivity index (χ1v) is 7.11. The highest BCUT2D eigenvalue weighted by atomic mass is 16.6. The Bertz CT molecular complexity index is 493. The molecule has 21 heavy (non-hydrogen) atoms. The number of amides is 1. The Morgan fingerprint density at radius 3 is 2.43 bits per heavy atom. The van der Waals surface area contributed by atoms with Gasteiger partial charge in [-0.25, -0.2) is 4.79 Å². The van der Waals surface area contributed by atoms with Crippen molar-refractivity contribution in [3.8, 4) is 0 Å². The van der Waals surface area contributed by atoms with Crippen LogP contribution in [0.25, 0.3) is 0 Å². The second-order valence-corrected chi connectivity index (χ2v) is 6.84. The number of alkyl carbamates (subject to hydrolysis) is 1. The van der Waals surface area contributed by atoms with E-state index < -0.39 is 17.9 Å². The molecule has 0 aliphatic rings. The number of ether oxygens (including phenoxy) is 1. The van der Waals surface area contributed by atoms with Crippen LogP contribution in [0.5, 0.6) is 0 Å². The molecule has 0 radical (unpaired) electrons. The maximum absolute atomic E-state index is 11.7. The summed E-state index contributed by atoms with van der Waals surface area (Å²) in [6.45, 7) is 10.1. The van der Waals surface area contributed by atoms with Crippen molar-refractivity contribution < 1.29 is 9.53 Å². The van der Waals surface area contributed by atoms with E-state index in [0.717, 1.165) is 11.1 Å².